The van der Waals surface area contributed by atoms with Crippen LogP contribution in [0.4, 0.5) is 4.39 Å². The van der Waals surface area contributed by atoms with Crippen molar-refractivity contribution in [3.63, 3.8) is 0 Å². The van der Waals surface area contributed by atoms with E-state index in [1.807, 2.05) is 36.4 Å². The van der Waals surface area contributed by atoms with Crippen molar-refractivity contribution in [3.05, 3.63) is 55.1 Å². The Labute approximate surface area is 89.4 Å². The van der Waals surface area contributed by atoms with Gasteiger partial charge in [0.15, 0.2) is 0 Å². The number of carboxylic acids is 1. The molecular weight excluding hydrogens is 195 g/mol. The van der Waals surface area contributed by atoms with E-state index in [2.05, 4.69) is 13.2 Å². The standard InChI is InChI=1S/C8H8.C3H4O2.CH3F/c1-2-8-6-4-3-5-7-8;1-2-3(4)5;1-2/h2-7H,1H2;2H,1H2,(H,4,5);1H3. The molecule has 0 radical (unpaired) electrons. The Balaban J connectivity index is 0. The van der Waals surface area contributed by atoms with Gasteiger partial charge < -0.3 is 5.11 Å². The highest BCUT2D eigenvalue weighted by Crippen LogP contribution is 1.97. The van der Waals surface area contributed by atoms with E-state index in [1.165, 1.54) is 5.56 Å². The minimum absolute atomic E-state index is 0.500. The molecule has 0 fully saturated rings. The summed E-state index contributed by atoms with van der Waals surface area (Å²) >= 11 is 0. The molecule has 0 spiro atoms. The average molecular weight is 210 g/mol. The first-order valence-electron chi connectivity index (χ1n) is 4.11. The number of rotatable bonds is 2. The number of halogens is 1. The second kappa shape index (κ2) is 12.1. The quantitative estimate of drug-likeness (QED) is 0.761. The zero-order valence-electron chi connectivity index (χ0n) is 8.69. The number of hydrogen-bond acceptors (Lipinski definition) is 1. The first-order valence-corrected chi connectivity index (χ1v) is 4.11. The van der Waals surface area contributed by atoms with Crippen LogP contribution in [0.2, 0.25) is 0 Å². The fraction of sp³-hybridized carbons (Fsp3) is 0.0833. The van der Waals surface area contributed by atoms with Crippen molar-refractivity contribution in [3.8, 4) is 0 Å². The summed E-state index contributed by atoms with van der Waals surface area (Å²) in [5.74, 6) is -0.981. The summed E-state index contributed by atoms with van der Waals surface area (Å²) in [7, 11) is 0.500. The van der Waals surface area contributed by atoms with Crippen LogP contribution in [0.5, 0.6) is 0 Å². The number of alkyl halides is 1. The van der Waals surface area contributed by atoms with E-state index < -0.39 is 5.97 Å². The normalized spacial score (nSPS) is 7.07. The summed E-state index contributed by atoms with van der Waals surface area (Å²) in [6, 6.07) is 10.0. The van der Waals surface area contributed by atoms with Gasteiger partial charge in [-0.3, -0.25) is 4.39 Å². The second-order valence-electron chi connectivity index (χ2n) is 2.16. The Kier molecular flexibility index (Phi) is 12.6. The average Bonchev–Trinajstić information content (AvgIpc) is 2.33. The Bertz CT molecular complexity index is 281. The van der Waals surface area contributed by atoms with E-state index >= 15 is 0 Å². The molecule has 0 amide bonds. The van der Waals surface area contributed by atoms with Crippen LogP contribution < -0.4 is 0 Å². The molecule has 82 valence electrons. The Morgan fingerprint density at radius 2 is 1.67 bits per heavy atom. The van der Waals surface area contributed by atoms with E-state index in [1.54, 1.807) is 0 Å². The Hall–Kier alpha value is -1.90. The summed E-state index contributed by atoms with van der Waals surface area (Å²) in [5, 5.41) is 7.60. The SMILES string of the molecule is C=CC(=O)O.C=Cc1ccccc1.CF. The summed E-state index contributed by atoms with van der Waals surface area (Å²) in [5.41, 5.74) is 1.17. The number of hydrogen-bond donors (Lipinski definition) is 1. The Morgan fingerprint density at radius 3 is 1.87 bits per heavy atom. The molecule has 0 bridgehead atoms. The maximum Gasteiger partial charge on any atom is 0.327 e. The molecule has 2 nitrogen and oxygen atoms in total. The largest absolute Gasteiger partial charge is 0.478 e. The smallest absolute Gasteiger partial charge is 0.327 e. The van der Waals surface area contributed by atoms with Gasteiger partial charge in [0, 0.05) is 6.08 Å². The minimum atomic E-state index is -0.981. The summed E-state index contributed by atoms with van der Waals surface area (Å²) in [4.78, 5) is 9.25. The van der Waals surface area contributed by atoms with Gasteiger partial charge in [-0.1, -0.05) is 49.6 Å². The van der Waals surface area contributed by atoms with Crippen LogP contribution in [0.15, 0.2) is 49.6 Å². The van der Waals surface area contributed by atoms with Crippen LogP contribution in [-0.4, -0.2) is 18.3 Å². The fourth-order valence-corrected chi connectivity index (χ4v) is 0.589. The van der Waals surface area contributed by atoms with E-state index in [-0.39, 0.29) is 0 Å². The van der Waals surface area contributed by atoms with Gasteiger partial charge in [0.25, 0.3) is 0 Å². The molecular formula is C12H15FO2. The van der Waals surface area contributed by atoms with Crippen LogP contribution in [0.25, 0.3) is 6.08 Å². The molecule has 1 N–H and O–H groups in total. The zero-order valence-corrected chi connectivity index (χ0v) is 8.69. The summed E-state index contributed by atoms with van der Waals surface area (Å²) < 4.78 is 9.50. The first kappa shape index (κ1) is 15.6. The van der Waals surface area contributed by atoms with Gasteiger partial charge in [0.2, 0.25) is 0 Å². The second-order valence-corrected chi connectivity index (χ2v) is 2.16. The lowest BCUT2D eigenvalue weighted by atomic mass is 10.2. The molecule has 1 rings (SSSR count). The molecule has 1 aromatic rings. The van der Waals surface area contributed by atoms with Crippen molar-refractivity contribution in [2.45, 2.75) is 0 Å². The molecule has 0 heterocycles. The molecule has 0 aliphatic heterocycles. The number of carbonyl (C=O) groups is 1. The van der Waals surface area contributed by atoms with E-state index in [0.717, 1.165) is 6.08 Å². The maximum absolute atomic E-state index is 9.50. The molecule has 0 atom stereocenters. The van der Waals surface area contributed by atoms with Crippen LogP contribution in [0, 0.1) is 0 Å². The third kappa shape index (κ3) is 12.1. The fourth-order valence-electron chi connectivity index (χ4n) is 0.589. The zero-order chi connectivity index (χ0) is 12.1. The van der Waals surface area contributed by atoms with Crippen LogP contribution in [-0.2, 0) is 4.79 Å². The van der Waals surface area contributed by atoms with E-state index in [4.69, 9.17) is 5.11 Å². The highest BCUT2D eigenvalue weighted by atomic mass is 19.1. The van der Waals surface area contributed by atoms with Crippen molar-refractivity contribution in [1.82, 2.24) is 0 Å². The lowest BCUT2D eigenvalue weighted by Gasteiger charge is -1.85. The van der Waals surface area contributed by atoms with Gasteiger partial charge in [-0.15, -0.1) is 0 Å². The monoisotopic (exact) mass is 210 g/mol. The van der Waals surface area contributed by atoms with E-state index in [9.17, 15) is 9.18 Å². The molecule has 0 saturated carbocycles. The van der Waals surface area contributed by atoms with Crippen molar-refractivity contribution >= 4 is 12.0 Å². The molecule has 0 aromatic heterocycles. The van der Waals surface area contributed by atoms with Crippen molar-refractivity contribution < 1.29 is 14.3 Å². The molecule has 1 aromatic carbocycles. The van der Waals surface area contributed by atoms with Crippen LogP contribution in [0.1, 0.15) is 5.56 Å². The minimum Gasteiger partial charge on any atom is -0.478 e. The third-order valence-corrected chi connectivity index (χ3v) is 1.21. The number of carboxylic acid groups (broad SMARTS) is 1. The van der Waals surface area contributed by atoms with Gasteiger partial charge in [0.05, 0.1) is 7.18 Å². The topological polar surface area (TPSA) is 37.3 Å². The molecule has 0 aliphatic rings. The van der Waals surface area contributed by atoms with Crippen LogP contribution in [0.3, 0.4) is 0 Å². The summed E-state index contributed by atoms with van der Waals surface area (Å²) in [6.45, 7) is 6.59. The highest BCUT2D eigenvalue weighted by Gasteiger charge is 1.75. The number of benzene rings is 1. The lowest BCUT2D eigenvalue weighted by molar-refractivity contribution is -0.131. The first-order chi connectivity index (χ1) is 7.20. The van der Waals surface area contributed by atoms with E-state index in [0.29, 0.717) is 7.18 Å². The van der Waals surface area contributed by atoms with Gasteiger partial charge in [0.1, 0.15) is 0 Å². The van der Waals surface area contributed by atoms with Crippen LogP contribution >= 0.6 is 0 Å². The highest BCUT2D eigenvalue weighted by molar-refractivity contribution is 5.78. The lowest BCUT2D eigenvalue weighted by Crippen LogP contribution is -1.82. The van der Waals surface area contributed by atoms with Gasteiger partial charge in [-0.2, -0.15) is 0 Å². The Morgan fingerprint density at radius 1 is 1.27 bits per heavy atom. The molecule has 0 unspecified atom stereocenters. The maximum atomic E-state index is 9.50. The molecule has 15 heavy (non-hydrogen) atoms. The van der Waals surface area contributed by atoms with Crippen molar-refractivity contribution in [1.29, 1.82) is 0 Å². The third-order valence-electron chi connectivity index (χ3n) is 1.21. The summed E-state index contributed by atoms with van der Waals surface area (Å²) in [6.07, 6.45) is 2.67. The molecule has 0 aliphatic carbocycles. The number of aliphatic carboxylic acids is 1. The van der Waals surface area contributed by atoms with Gasteiger partial charge >= 0.3 is 5.97 Å². The molecule has 3 heteroatoms. The predicted octanol–water partition coefficient (Wildman–Crippen LogP) is 3.17. The van der Waals surface area contributed by atoms with Crippen molar-refractivity contribution in [2.24, 2.45) is 0 Å². The van der Waals surface area contributed by atoms with Crippen molar-refractivity contribution in [2.75, 3.05) is 7.18 Å². The predicted molar refractivity (Wildman–Crippen MR) is 61.4 cm³/mol. The molecule has 0 saturated heterocycles. The van der Waals surface area contributed by atoms with Gasteiger partial charge in [-0.05, 0) is 5.56 Å². The van der Waals surface area contributed by atoms with Gasteiger partial charge in [-0.25, -0.2) is 4.79 Å².